The maximum Gasteiger partial charge on any atom is 0.0914 e. The Balaban J connectivity index is 2.83. The first-order valence-corrected chi connectivity index (χ1v) is 7.27. The van der Waals surface area contributed by atoms with Crippen molar-refractivity contribution in [2.24, 2.45) is 0 Å². The summed E-state index contributed by atoms with van der Waals surface area (Å²) < 4.78 is 12.2. The molecule has 0 fully saturated rings. The van der Waals surface area contributed by atoms with Crippen LogP contribution in [0.15, 0.2) is 24.3 Å². The van der Waals surface area contributed by atoms with Gasteiger partial charge in [0.1, 0.15) is 0 Å². The van der Waals surface area contributed by atoms with Crippen LogP contribution in [0.1, 0.15) is 19.4 Å². The standard InChI is InChI=1S/C11H18NOP/c1-3-14(13,4-2)9-10-6-5-7-11(12)8-10/h5-8H,3-4,9,12H2,1-2H3. The van der Waals surface area contributed by atoms with Crippen molar-refractivity contribution in [1.29, 1.82) is 0 Å². The molecule has 0 aromatic heterocycles. The topological polar surface area (TPSA) is 43.1 Å². The smallest absolute Gasteiger partial charge is 0.0914 e. The van der Waals surface area contributed by atoms with E-state index < -0.39 is 7.14 Å². The predicted molar refractivity (Wildman–Crippen MR) is 63.2 cm³/mol. The lowest BCUT2D eigenvalue weighted by Gasteiger charge is -2.14. The minimum Gasteiger partial charge on any atom is -0.399 e. The van der Waals surface area contributed by atoms with Gasteiger partial charge in [0.05, 0.1) is 7.14 Å². The minimum atomic E-state index is -1.98. The third-order valence-corrected chi connectivity index (χ3v) is 5.82. The van der Waals surface area contributed by atoms with Gasteiger partial charge in [-0.3, -0.25) is 0 Å². The monoisotopic (exact) mass is 211 g/mol. The van der Waals surface area contributed by atoms with Gasteiger partial charge >= 0.3 is 0 Å². The van der Waals surface area contributed by atoms with Crippen molar-refractivity contribution in [3.05, 3.63) is 29.8 Å². The molecule has 78 valence electrons. The van der Waals surface area contributed by atoms with E-state index in [9.17, 15) is 4.57 Å². The highest BCUT2D eigenvalue weighted by atomic mass is 31.2. The van der Waals surface area contributed by atoms with Gasteiger partial charge in [-0.2, -0.15) is 0 Å². The molecule has 0 bridgehead atoms. The quantitative estimate of drug-likeness (QED) is 0.614. The van der Waals surface area contributed by atoms with Crippen LogP contribution >= 0.6 is 7.14 Å². The maximum atomic E-state index is 12.2. The zero-order valence-electron chi connectivity index (χ0n) is 8.86. The molecule has 0 radical (unpaired) electrons. The van der Waals surface area contributed by atoms with Crippen molar-refractivity contribution in [2.75, 3.05) is 18.1 Å². The molecular weight excluding hydrogens is 193 g/mol. The molecule has 0 unspecified atom stereocenters. The van der Waals surface area contributed by atoms with Gasteiger partial charge in [-0.25, -0.2) is 0 Å². The van der Waals surface area contributed by atoms with Gasteiger partial charge in [0.2, 0.25) is 0 Å². The Bertz CT molecular complexity index is 341. The lowest BCUT2D eigenvalue weighted by Crippen LogP contribution is -1.95. The molecule has 14 heavy (non-hydrogen) atoms. The van der Waals surface area contributed by atoms with Crippen molar-refractivity contribution < 1.29 is 4.57 Å². The van der Waals surface area contributed by atoms with Crippen LogP contribution in [0.2, 0.25) is 0 Å². The second-order valence-corrected chi connectivity index (χ2v) is 7.29. The van der Waals surface area contributed by atoms with Crippen molar-refractivity contribution in [1.82, 2.24) is 0 Å². The van der Waals surface area contributed by atoms with E-state index in [-0.39, 0.29) is 0 Å². The van der Waals surface area contributed by atoms with Crippen LogP contribution in [0.3, 0.4) is 0 Å². The Kier molecular flexibility index (Phi) is 3.77. The minimum absolute atomic E-state index is 0.686. The Labute approximate surface area is 85.9 Å². The van der Waals surface area contributed by atoms with Crippen molar-refractivity contribution in [2.45, 2.75) is 20.0 Å². The van der Waals surface area contributed by atoms with E-state index >= 15 is 0 Å². The highest BCUT2D eigenvalue weighted by Gasteiger charge is 2.17. The molecule has 0 saturated carbocycles. The second kappa shape index (κ2) is 4.65. The van der Waals surface area contributed by atoms with Crippen LogP contribution in [0.25, 0.3) is 0 Å². The fourth-order valence-electron chi connectivity index (χ4n) is 1.47. The molecule has 1 aromatic rings. The first kappa shape index (κ1) is 11.3. The van der Waals surface area contributed by atoms with Crippen LogP contribution in [0.4, 0.5) is 5.69 Å². The normalized spacial score (nSPS) is 11.6. The number of hydrogen-bond acceptors (Lipinski definition) is 2. The zero-order chi connectivity index (χ0) is 10.6. The summed E-state index contributed by atoms with van der Waals surface area (Å²) in [7, 11) is -1.98. The number of hydrogen-bond donors (Lipinski definition) is 1. The lowest BCUT2D eigenvalue weighted by molar-refractivity contribution is 0.575. The van der Waals surface area contributed by atoms with Crippen molar-refractivity contribution in [3.8, 4) is 0 Å². The fourth-order valence-corrected chi connectivity index (χ4v) is 3.23. The number of rotatable bonds is 4. The Morgan fingerprint density at radius 1 is 1.29 bits per heavy atom. The summed E-state index contributed by atoms with van der Waals surface area (Å²) in [6.07, 6.45) is 2.24. The summed E-state index contributed by atoms with van der Waals surface area (Å²) in [6.45, 7) is 3.99. The predicted octanol–water partition coefficient (Wildman–Crippen LogP) is 3.17. The van der Waals surface area contributed by atoms with Crippen LogP contribution in [0.5, 0.6) is 0 Å². The summed E-state index contributed by atoms with van der Waals surface area (Å²) in [5, 5.41) is 0. The summed E-state index contributed by atoms with van der Waals surface area (Å²) >= 11 is 0. The van der Waals surface area contributed by atoms with E-state index in [1.54, 1.807) is 0 Å². The summed E-state index contributed by atoms with van der Waals surface area (Å²) in [4.78, 5) is 0. The Hall–Kier alpha value is -0.750. The van der Waals surface area contributed by atoms with Crippen molar-refractivity contribution >= 4 is 12.8 Å². The van der Waals surface area contributed by atoms with Crippen LogP contribution in [-0.4, -0.2) is 12.3 Å². The van der Waals surface area contributed by atoms with Gasteiger partial charge in [-0.15, -0.1) is 0 Å². The summed E-state index contributed by atoms with van der Waals surface area (Å²) in [6, 6.07) is 7.68. The summed E-state index contributed by atoms with van der Waals surface area (Å²) in [5.41, 5.74) is 7.52. The van der Waals surface area contributed by atoms with Crippen LogP contribution in [0, 0.1) is 0 Å². The molecule has 0 amide bonds. The molecule has 1 aromatic carbocycles. The molecular formula is C11H18NOP. The second-order valence-electron chi connectivity index (χ2n) is 3.59. The van der Waals surface area contributed by atoms with Crippen LogP contribution in [-0.2, 0) is 10.7 Å². The van der Waals surface area contributed by atoms with Gasteiger partial charge in [-0.1, -0.05) is 26.0 Å². The Morgan fingerprint density at radius 2 is 1.93 bits per heavy atom. The van der Waals surface area contributed by atoms with Crippen LogP contribution < -0.4 is 5.73 Å². The van der Waals surface area contributed by atoms with E-state index in [2.05, 4.69) is 0 Å². The van der Waals surface area contributed by atoms with Crippen molar-refractivity contribution in [3.63, 3.8) is 0 Å². The average Bonchev–Trinajstić information content (AvgIpc) is 2.18. The van der Waals surface area contributed by atoms with E-state index in [0.29, 0.717) is 6.16 Å². The van der Waals surface area contributed by atoms with E-state index in [4.69, 9.17) is 5.73 Å². The van der Waals surface area contributed by atoms with Gasteiger partial charge in [0.15, 0.2) is 0 Å². The number of nitrogens with two attached hydrogens (primary N) is 1. The molecule has 0 heterocycles. The molecule has 1 rings (SSSR count). The molecule has 2 N–H and O–H groups in total. The van der Waals surface area contributed by atoms with Gasteiger partial charge in [-0.05, 0) is 30.0 Å². The third kappa shape index (κ3) is 2.88. The average molecular weight is 211 g/mol. The SMILES string of the molecule is CCP(=O)(CC)Cc1cccc(N)c1. The van der Waals surface area contributed by atoms with Gasteiger partial charge in [0, 0.05) is 11.8 Å². The molecule has 0 aliphatic carbocycles. The zero-order valence-corrected chi connectivity index (χ0v) is 9.76. The van der Waals surface area contributed by atoms with E-state index in [1.165, 1.54) is 0 Å². The first-order chi connectivity index (χ1) is 6.59. The maximum absolute atomic E-state index is 12.2. The summed E-state index contributed by atoms with van der Waals surface area (Å²) in [5.74, 6) is 0. The highest BCUT2D eigenvalue weighted by molar-refractivity contribution is 7.63. The molecule has 0 saturated heterocycles. The van der Waals surface area contributed by atoms with Gasteiger partial charge in [0.25, 0.3) is 0 Å². The fraction of sp³-hybridized carbons (Fsp3) is 0.455. The molecule has 0 spiro atoms. The largest absolute Gasteiger partial charge is 0.399 e. The number of benzene rings is 1. The molecule has 0 atom stereocenters. The Morgan fingerprint density at radius 3 is 2.43 bits per heavy atom. The lowest BCUT2D eigenvalue weighted by atomic mass is 10.2. The van der Waals surface area contributed by atoms with E-state index in [0.717, 1.165) is 23.6 Å². The first-order valence-electron chi connectivity index (χ1n) is 5.01. The number of anilines is 1. The van der Waals surface area contributed by atoms with Gasteiger partial charge < -0.3 is 10.3 Å². The van der Waals surface area contributed by atoms with E-state index in [1.807, 2.05) is 38.1 Å². The molecule has 3 heteroatoms. The number of nitrogen functional groups attached to an aromatic ring is 1. The molecule has 0 aliphatic heterocycles. The molecule has 0 aliphatic rings. The molecule has 2 nitrogen and oxygen atoms in total. The highest BCUT2D eigenvalue weighted by Crippen LogP contribution is 2.48. The third-order valence-electron chi connectivity index (χ3n) is 2.57.